The SMILES string of the molecule is O=C(O)c1cc(-c2ccccn2)nc2cc3nc(-c4ccccn4)cc(C(=O)O)c3cc12. The number of hydrogen-bond donors (Lipinski definition) is 2. The van der Waals surface area contributed by atoms with Gasteiger partial charge in [-0.15, -0.1) is 0 Å². The van der Waals surface area contributed by atoms with Crippen molar-refractivity contribution >= 4 is 33.7 Å². The zero-order valence-corrected chi connectivity index (χ0v) is 16.4. The van der Waals surface area contributed by atoms with Crippen LogP contribution in [0.4, 0.5) is 0 Å². The third-order valence-electron chi connectivity index (χ3n) is 5.05. The molecular weight excluding hydrogens is 408 g/mol. The molecule has 0 aliphatic carbocycles. The molecule has 0 spiro atoms. The number of fused-ring (bicyclic) bond motifs is 2. The van der Waals surface area contributed by atoms with Gasteiger partial charge in [-0.1, -0.05) is 12.1 Å². The van der Waals surface area contributed by atoms with Crippen molar-refractivity contribution in [3.8, 4) is 22.8 Å². The molecule has 8 nitrogen and oxygen atoms in total. The summed E-state index contributed by atoms with van der Waals surface area (Å²) < 4.78 is 0. The van der Waals surface area contributed by atoms with E-state index in [-0.39, 0.29) is 11.1 Å². The van der Waals surface area contributed by atoms with Crippen molar-refractivity contribution in [2.45, 2.75) is 0 Å². The predicted octanol–water partition coefficient (Wildman–Crippen LogP) is 4.30. The number of pyridine rings is 4. The molecule has 154 valence electrons. The lowest BCUT2D eigenvalue weighted by Crippen LogP contribution is -2.04. The van der Waals surface area contributed by atoms with Gasteiger partial charge >= 0.3 is 11.9 Å². The first-order chi connectivity index (χ1) is 15.5. The summed E-state index contributed by atoms with van der Waals surface area (Å²) >= 11 is 0. The summed E-state index contributed by atoms with van der Waals surface area (Å²) in [6, 6.07) is 16.6. The topological polar surface area (TPSA) is 126 Å². The van der Waals surface area contributed by atoms with E-state index in [0.29, 0.717) is 44.6 Å². The second kappa shape index (κ2) is 7.51. The highest BCUT2D eigenvalue weighted by Gasteiger charge is 2.19. The highest BCUT2D eigenvalue weighted by molar-refractivity contribution is 6.12. The molecule has 0 aliphatic rings. The van der Waals surface area contributed by atoms with Crippen LogP contribution in [0.1, 0.15) is 20.7 Å². The highest BCUT2D eigenvalue weighted by Crippen LogP contribution is 2.31. The Morgan fingerprint density at radius 2 is 1.06 bits per heavy atom. The molecule has 0 aliphatic heterocycles. The molecule has 0 saturated carbocycles. The summed E-state index contributed by atoms with van der Waals surface area (Å²) in [6.45, 7) is 0. The van der Waals surface area contributed by atoms with E-state index in [0.717, 1.165) is 0 Å². The van der Waals surface area contributed by atoms with Crippen LogP contribution < -0.4 is 0 Å². The first kappa shape index (κ1) is 19.3. The van der Waals surface area contributed by atoms with Crippen LogP contribution in [0.2, 0.25) is 0 Å². The molecule has 0 amide bonds. The summed E-state index contributed by atoms with van der Waals surface area (Å²) in [4.78, 5) is 41.7. The quantitative estimate of drug-likeness (QED) is 0.411. The minimum atomic E-state index is -1.15. The molecule has 8 heteroatoms. The lowest BCUT2D eigenvalue weighted by Gasteiger charge is -2.11. The van der Waals surface area contributed by atoms with Crippen LogP contribution in [0, 0.1) is 0 Å². The van der Waals surface area contributed by atoms with Crippen molar-refractivity contribution in [1.82, 2.24) is 19.9 Å². The standard InChI is InChI=1S/C24H14N4O4/c29-23(30)15-10-21(17-5-1-3-7-25-17)27-19-12-20-14(9-13(15)19)16(24(31)32)11-22(28-20)18-6-2-4-8-26-18/h1-12H,(H,29,30)(H,31,32). The van der Waals surface area contributed by atoms with E-state index >= 15 is 0 Å². The monoisotopic (exact) mass is 422 g/mol. The maximum Gasteiger partial charge on any atom is 0.336 e. The lowest BCUT2D eigenvalue weighted by atomic mass is 10.00. The maximum absolute atomic E-state index is 12.0. The number of nitrogens with zero attached hydrogens (tertiary/aromatic N) is 4. The number of aromatic carboxylic acids is 2. The normalized spacial score (nSPS) is 11.0. The third kappa shape index (κ3) is 3.29. The summed E-state index contributed by atoms with van der Waals surface area (Å²) in [7, 11) is 0. The minimum Gasteiger partial charge on any atom is -0.478 e. The smallest absolute Gasteiger partial charge is 0.336 e. The minimum absolute atomic E-state index is 0.00249. The average molecular weight is 422 g/mol. The number of benzene rings is 1. The molecule has 2 N–H and O–H groups in total. The number of carboxylic acid groups (broad SMARTS) is 2. The molecule has 32 heavy (non-hydrogen) atoms. The fourth-order valence-corrected chi connectivity index (χ4v) is 3.59. The van der Waals surface area contributed by atoms with Crippen LogP contribution in [0.15, 0.2) is 73.1 Å². The van der Waals surface area contributed by atoms with Crippen molar-refractivity contribution in [2.24, 2.45) is 0 Å². The molecule has 4 aromatic heterocycles. The van der Waals surface area contributed by atoms with Crippen molar-refractivity contribution < 1.29 is 19.8 Å². The van der Waals surface area contributed by atoms with Gasteiger partial charge in [0, 0.05) is 23.2 Å². The maximum atomic E-state index is 12.0. The molecule has 5 rings (SSSR count). The molecular formula is C24H14N4O4. The Kier molecular flexibility index (Phi) is 4.52. The first-order valence-electron chi connectivity index (χ1n) is 9.60. The van der Waals surface area contributed by atoms with Gasteiger partial charge in [0.25, 0.3) is 0 Å². The molecule has 0 bridgehead atoms. The van der Waals surface area contributed by atoms with E-state index in [1.54, 1.807) is 54.9 Å². The summed E-state index contributed by atoms with van der Waals surface area (Å²) in [5.74, 6) is -2.30. The number of rotatable bonds is 4. The van der Waals surface area contributed by atoms with Gasteiger partial charge in [0.2, 0.25) is 0 Å². The van der Waals surface area contributed by atoms with Crippen LogP contribution in [0.25, 0.3) is 44.6 Å². The predicted molar refractivity (Wildman–Crippen MR) is 117 cm³/mol. The van der Waals surface area contributed by atoms with Gasteiger partial charge in [0.05, 0.1) is 44.9 Å². The molecule has 0 fully saturated rings. The van der Waals surface area contributed by atoms with Crippen molar-refractivity contribution in [1.29, 1.82) is 0 Å². The van der Waals surface area contributed by atoms with Crippen LogP contribution in [-0.2, 0) is 0 Å². The molecule has 0 radical (unpaired) electrons. The molecule has 0 atom stereocenters. The average Bonchev–Trinajstić information content (AvgIpc) is 2.82. The second-order valence-electron chi connectivity index (χ2n) is 7.04. The van der Waals surface area contributed by atoms with E-state index in [1.165, 1.54) is 18.2 Å². The Bertz CT molecular complexity index is 1410. The van der Waals surface area contributed by atoms with E-state index in [4.69, 9.17) is 0 Å². The van der Waals surface area contributed by atoms with Crippen LogP contribution in [-0.4, -0.2) is 42.1 Å². The number of carboxylic acids is 2. The largest absolute Gasteiger partial charge is 0.478 e. The van der Waals surface area contributed by atoms with Gasteiger partial charge in [0.1, 0.15) is 0 Å². The Hall–Kier alpha value is -4.72. The van der Waals surface area contributed by atoms with E-state index in [9.17, 15) is 19.8 Å². The van der Waals surface area contributed by atoms with Crippen LogP contribution >= 0.6 is 0 Å². The van der Waals surface area contributed by atoms with Crippen molar-refractivity contribution in [3.63, 3.8) is 0 Å². The number of hydrogen-bond acceptors (Lipinski definition) is 6. The van der Waals surface area contributed by atoms with Gasteiger partial charge in [-0.2, -0.15) is 0 Å². The molecule has 5 aromatic rings. The van der Waals surface area contributed by atoms with Gasteiger partial charge in [-0.05, 0) is 48.5 Å². The highest BCUT2D eigenvalue weighted by atomic mass is 16.4. The lowest BCUT2D eigenvalue weighted by molar-refractivity contribution is 0.0688. The van der Waals surface area contributed by atoms with E-state index < -0.39 is 11.9 Å². The van der Waals surface area contributed by atoms with Crippen LogP contribution in [0.3, 0.4) is 0 Å². The summed E-state index contributed by atoms with van der Waals surface area (Å²) in [5.41, 5.74) is 2.60. The first-order valence-corrected chi connectivity index (χ1v) is 9.60. The van der Waals surface area contributed by atoms with Gasteiger partial charge in [0.15, 0.2) is 0 Å². The molecule has 0 unspecified atom stereocenters. The Morgan fingerprint density at radius 1 is 0.594 bits per heavy atom. The molecule has 4 heterocycles. The summed E-state index contributed by atoms with van der Waals surface area (Å²) in [5, 5.41) is 20.3. The Labute approximate surface area is 180 Å². The van der Waals surface area contributed by atoms with Crippen molar-refractivity contribution in [2.75, 3.05) is 0 Å². The van der Waals surface area contributed by atoms with E-state index in [2.05, 4.69) is 19.9 Å². The van der Waals surface area contributed by atoms with E-state index in [1.807, 2.05) is 0 Å². The summed E-state index contributed by atoms with van der Waals surface area (Å²) in [6.07, 6.45) is 3.20. The Morgan fingerprint density at radius 3 is 1.44 bits per heavy atom. The zero-order chi connectivity index (χ0) is 22.2. The fraction of sp³-hybridized carbons (Fsp3) is 0. The zero-order valence-electron chi connectivity index (χ0n) is 16.4. The number of carbonyl (C=O) groups is 2. The van der Waals surface area contributed by atoms with Gasteiger partial charge in [-0.25, -0.2) is 19.6 Å². The van der Waals surface area contributed by atoms with Crippen LogP contribution in [0.5, 0.6) is 0 Å². The molecule has 0 saturated heterocycles. The number of aromatic nitrogens is 4. The second-order valence-corrected chi connectivity index (χ2v) is 7.04. The Balaban J connectivity index is 1.84. The van der Waals surface area contributed by atoms with Gasteiger partial charge in [-0.3, -0.25) is 9.97 Å². The fourth-order valence-electron chi connectivity index (χ4n) is 3.59. The third-order valence-corrected chi connectivity index (χ3v) is 5.05. The van der Waals surface area contributed by atoms with Crippen molar-refractivity contribution in [3.05, 3.63) is 84.2 Å². The molecule has 1 aromatic carbocycles. The van der Waals surface area contributed by atoms with Gasteiger partial charge < -0.3 is 10.2 Å².